The Morgan fingerprint density at radius 3 is 2.27 bits per heavy atom. The fraction of sp³-hybridized carbons (Fsp3) is 0.364. The van der Waals surface area contributed by atoms with Crippen LogP contribution in [-0.4, -0.2) is 34.7 Å². The predicted octanol–water partition coefficient (Wildman–Crippen LogP) is 4.06. The van der Waals surface area contributed by atoms with E-state index in [-0.39, 0.29) is 11.2 Å². The summed E-state index contributed by atoms with van der Waals surface area (Å²) >= 11 is 1.50. The van der Waals surface area contributed by atoms with Crippen molar-refractivity contribution in [3.63, 3.8) is 0 Å². The Hall–Kier alpha value is -2.16. The zero-order chi connectivity index (χ0) is 21.8. The lowest BCUT2D eigenvalue weighted by atomic mass is 9.87. The molecule has 6 nitrogen and oxygen atoms in total. The Labute approximate surface area is 183 Å². The molecule has 3 rings (SSSR count). The van der Waals surface area contributed by atoms with Gasteiger partial charge in [0, 0.05) is 11.3 Å². The van der Waals surface area contributed by atoms with Crippen molar-refractivity contribution in [3.05, 3.63) is 65.7 Å². The van der Waals surface area contributed by atoms with E-state index in [2.05, 4.69) is 71.9 Å². The Morgan fingerprint density at radius 1 is 1.00 bits per heavy atom. The van der Waals surface area contributed by atoms with Crippen LogP contribution in [0.3, 0.4) is 0 Å². The van der Waals surface area contributed by atoms with Crippen molar-refractivity contribution in [1.29, 1.82) is 0 Å². The lowest BCUT2D eigenvalue weighted by molar-refractivity contribution is 0.590. The first-order chi connectivity index (χ1) is 14.1. The summed E-state index contributed by atoms with van der Waals surface area (Å²) < 4.78 is 24.4. The van der Waals surface area contributed by atoms with Gasteiger partial charge in [0.15, 0.2) is 11.0 Å². The van der Waals surface area contributed by atoms with E-state index in [1.807, 2.05) is 18.2 Å². The van der Waals surface area contributed by atoms with Gasteiger partial charge >= 0.3 is 0 Å². The summed E-state index contributed by atoms with van der Waals surface area (Å²) in [6, 6.07) is 18.6. The van der Waals surface area contributed by atoms with Gasteiger partial charge < -0.3 is 0 Å². The fourth-order valence-electron chi connectivity index (χ4n) is 3.06. The third kappa shape index (κ3) is 6.17. The maximum atomic E-state index is 11.2. The molecule has 0 saturated heterocycles. The number of aromatic nitrogens is 3. The summed E-state index contributed by atoms with van der Waals surface area (Å²) in [5.74, 6) is 1.37. The fourth-order valence-corrected chi connectivity index (χ4v) is 4.67. The molecular weight excluding hydrogens is 416 g/mol. The average Bonchev–Trinajstić information content (AvgIpc) is 3.07. The summed E-state index contributed by atoms with van der Waals surface area (Å²) in [5.41, 5.74) is 3.50. The minimum atomic E-state index is -3.45. The van der Waals surface area contributed by atoms with Gasteiger partial charge in [0.2, 0.25) is 10.0 Å². The molecule has 0 aliphatic carbocycles. The van der Waals surface area contributed by atoms with E-state index in [1.165, 1.54) is 17.3 Å². The lowest BCUT2D eigenvalue weighted by Crippen LogP contribution is -2.16. The zero-order valence-electron chi connectivity index (χ0n) is 17.6. The van der Waals surface area contributed by atoms with Gasteiger partial charge in [0.05, 0.1) is 12.3 Å². The number of thioether (sulfide) groups is 1. The highest BCUT2D eigenvalue weighted by Gasteiger charge is 2.17. The molecule has 30 heavy (non-hydrogen) atoms. The van der Waals surface area contributed by atoms with Crippen LogP contribution < -0.4 is 5.14 Å². The Balaban J connectivity index is 1.87. The van der Waals surface area contributed by atoms with Gasteiger partial charge in [-0.1, -0.05) is 87.1 Å². The molecule has 0 bridgehead atoms. The maximum Gasteiger partial charge on any atom is 0.209 e. The molecule has 0 aliphatic heterocycles. The number of nitrogens with zero attached hydrogens (tertiary/aromatic N) is 3. The molecule has 160 valence electrons. The van der Waals surface area contributed by atoms with Gasteiger partial charge in [0.1, 0.15) is 0 Å². The Morgan fingerprint density at radius 2 is 1.67 bits per heavy atom. The van der Waals surface area contributed by atoms with Crippen LogP contribution in [0, 0.1) is 0 Å². The first-order valence-electron chi connectivity index (χ1n) is 9.85. The molecular formula is C22H28N4O2S2. The van der Waals surface area contributed by atoms with Crippen LogP contribution in [0.2, 0.25) is 0 Å². The van der Waals surface area contributed by atoms with Crippen LogP contribution in [0.1, 0.15) is 38.3 Å². The number of benzene rings is 2. The summed E-state index contributed by atoms with van der Waals surface area (Å²) in [6.07, 6.45) is 0.470. The first kappa shape index (κ1) is 22.5. The van der Waals surface area contributed by atoms with Gasteiger partial charge in [0.25, 0.3) is 0 Å². The highest BCUT2D eigenvalue weighted by atomic mass is 32.2. The minimum absolute atomic E-state index is 0.0338. The van der Waals surface area contributed by atoms with E-state index in [4.69, 9.17) is 5.14 Å². The molecule has 3 aromatic rings. The Bertz CT molecular complexity index is 1070. The van der Waals surface area contributed by atoms with E-state index >= 15 is 0 Å². The molecule has 0 radical (unpaired) electrons. The number of primary sulfonamides is 1. The van der Waals surface area contributed by atoms with E-state index in [9.17, 15) is 8.42 Å². The van der Waals surface area contributed by atoms with Crippen molar-refractivity contribution >= 4 is 21.8 Å². The van der Waals surface area contributed by atoms with E-state index in [0.29, 0.717) is 18.7 Å². The predicted molar refractivity (Wildman–Crippen MR) is 123 cm³/mol. The summed E-state index contributed by atoms with van der Waals surface area (Å²) in [6.45, 7) is 7.21. The summed E-state index contributed by atoms with van der Waals surface area (Å²) in [5, 5.41) is 14.7. The summed E-state index contributed by atoms with van der Waals surface area (Å²) in [4.78, 5) is 0. The minimum Gasteiger partial charge on any atom is -0.298 e. The monoisotopic (exact) mass is 444 g/mol. The molecule has 8 heteroatoms. The van der Waals surface area contributed by atoms with Crippen molar-refractivity contribution in [2.24, 2.45) is 5.14 Å². The van der Waals surface area contributed by atoms with Crippen LogP contribution >= 0.6 is 11.8 Å². The number of hydrogen-bond acceptors (Lipinski definition) is 5. The smallest absolute Gasteiger partial charge is 0.209 e. The molecule has 1 heterocycles. The maximum absolute atomic E-state index is 11.2. The first-order valence-corrected chi connectivity index (χ1v) is 12.5. The van der Waals surface area contributed by atoms with Gasteiger partial charge in [-0.05, 0) is 23.0 Å². The van der Waals surface area contributed by atoms with Gasteiger partial charge in [-0.2, -0.15) is 0 Å². The van der Waals surface area contributed by atoms with Gasteiger partial charge in [-0.3, -0.25) is 4.57 Å². The van der Waals surface area contributed by atoms with Gasteiger partial charge in [-0.15, -0.1) is 10.2 Å². The molecule has 2 N–H and O–H groups in total. The topological polar surface area (TPSA) is 90.9 Å². The molecule has 0 atom stereocenters. The molecule has 0 aliphatic rings. The number of sulfonamides is 1. The second kappa shape index (κ2) is 9.32. The second-order valence-corrected chi connectivity index (χ2v) is 11.1. The van der Waals surface area contributed by atoms with Crippen LogP contribution in [0.15, 0.2) is 59.8 Å². The number of rotatable bonds is 8. The van der Waals surface area contributed by atoms with Crippen LogP contribution in [0.5, 0.6) is 0 Å². The molecule has 0 fully saturated rings. The quantitative estimate of drug-likeness (QED) is 0.418. The normalized spacial score (nSPS) is 12.3. The third-order valence-corrected chi connectivity index (χ3v) is 6.62. The molecule has 0 amide bonds. The summed E-state index contributed by atoms with van der Waals surface area (Å²) in [7, 11) is -3.45. The van der Waals surface area contributed by atoms with Crippen molar-refractivity contribution < 1.29 is 8.42 Å². The third-order valence-electron chi connectivity index (χ3n) is 4.71. The number of hydrogen-bond donors (Lipinski definition) is 1. The average molecular weight is 445 g/mol. The standard InChI is InChI=1S/C22H28N4O2S2/c1-22(2,3)19-12-10-18(11-13-19)20-24-25-21(29-14-7-15-30(23,27)28)26(20)16-17-8-5-4-6-9-17/h4-6,8-13H,7,14-16H2,1-3H3,(H2,23,27,28). The lowest BCUT2D eigenvalue weighted by Gasteiger charge is -2.19. The molecule has 0 saturated carbocycles. The van der Waals surface area contributed by atoms with Crippen LogP contribution in [0.25, 0.3) is 11.4 Å². The van der Waals surface area contributed by atoms with Crippen LogP contribution in [-0.2, 0) is 22.0 Å². The largest absolute Gasteiger partial charge is 0.298 e. The molecule has 2 aromatic carbocycles. The van der Waals surface area contributed by atoms with Crippen molar-refractivity contribution in [1.82, 2.24) is 14.8 Å². The SMILES string of the molecule is CC(C)(C)c1ccc(-c2nnc(SCCCS(N)(=O)=O)n2Cc2ccccc2)cc1. The molecule has 0 spiro atoms. The Kier molecular flexibility index (Phi) is 7.00. The highest BCUT2D eigenvalue weighted by Crippen LogP contribution is 2.28. The second-order valence-electron chi connectivity index (χ2n) is 8.27. The van der Waals surface area contributed by atoms with E-state index < -0.39 is 10.0 Å². The van der Waals surface area contributed by atoms with Crippen molar-refractivity contribution in [2.45, 2.75) is 44.3 Å². The van der Waals surface area contributed by atoms with Crippen LogP contribution in [0.4, 0.5) is 0 Å². The van der Waals surface area contributed by atoms with E-state index in [1.54, 1.807) is 0 Å². The van der Waals surface area contributed by atoms with Crippen molar-refractivity contribution in [3.8, 4) is 11.4 Å². The molecule has 1 aromatic heterocycles. The number of nitrogens with two attached hydrogens (primary N) is 1. The molecule has 0 unspecified atom stereocenters. The zero-order valence-corrected chi connectivity index (χ0v) is 19.2. The van der Waals surface area contributed by atoms with E-state index in [0.717, 1.165) is 22.1 Å². The highest BCUT2D eigenvalue weighted by molar-refractivity contribution is 7.99. The van der Waals surface area contributed by atoms with Gasteiger partial charge in [-0.25, -0.2) is 13.6 Å². The van der Waals surface area contributed by atoms with Crippen molar-refractivity contribution in [2.75, 3.05) is 11.5 Å².